The van der Waals surface area contributed by atoms with Crippen molar-refractivity contribution in [1.82, 2.24) is 5.32 Å². The van der Waals surface area contributed by atoms with E-state index in [2.05, 4.69) is 26.1 Å². The molecular formula is C15H20FNO. The highest BCUT2D eigenvalue weighted by Gasteiger charge is 2.28. The van der Waals surface area contributed by atoms with Crippen LogP contribution in [0.15, 0.2) is 22.6 Å². The summed E-state index contributed by atoms with van der Waals surface area (Å²) >= 11 is 0. The molecule has 0 bridgehead atoms. The molecule has 2 rings (SSSR count). The van der Waals surface area contributed by atoms with Gasteiger partial charge < -0.3 is 9.73 Å². The van der Waals surface area contributed by atoms with E-state index < -0.39 is 0 Å². The van der Waals surface area contributed by atoms with Crippen molar-refractivity contribution >= 4 is 11.0 Å². The van der Waals surface area contributed by atoms with Gasteiger partial charge in [0.2, 0.25) is 0 Å². The van der Waals surface area contributed by atoms with Crippen LogP contribution in [0.1, 0.15) is 38.1 Å². The number of hydrogen-bond acceptors (Lipinski definition) is 2. The molecule has 1 N–H and O–H groups in total. The summed E-state index contributed by atoms with van der Waals surface area (Å²) in [6.45, 7) is 8.31. The Morgan fingerprint density at radius 2 is 1.89 bits per heavy atom. The summed E-state index contributed by atoms with van der Waals surface area (Å²) in [4.78, 5) is 0. The molecule has 98 valence electrons. The van der Waals surface area contributed by atoms with Crippen molar-refractivity contribution < 1.29 is 8.81 Å². The fraction of sp³-hybridized carbons (Fsp3) is 0.467. The number of halogens is 1. The minimum atomic E-state index is -0.218. The van der Waals surface area contributed by atoms with Gasteiger partial charge in [0.25, 0.3) is 0 Å². The highest BCUT2D eigenvalue weighted by atomic mass is 19.1. The lowest BCUT2D eigenvalue weighted by Crippen LogP contribution is -2.29. The van der Waals surface area contributed by atoms with Crippen LogP contribution in [0, 0.1) is 18.2 Å². The molecule has 1 unspecified atom stereocenters. The third-order valence-electron chi connectivity index (χ3n) is 3.23. The van der Waals surface area contributed by atoms with Gasteiger partial charge in [0.15, 0.2) is 0 Å². The molecule has 0 fully saturated rings. The maximum absolute atomic E-state index is 13.4. The van der Waals surface area contributed by atoms with Crippen LogP contribution in [0.5, 0.6) is 0 Å². The second-order valence-corrected chi connectivity index (χ2v) is 5.88. The van der Waals surface area contributed by atoms with E-state index in [1.54, 1.807) is 0 Å². The van der Waals surface area contributed by atoms with E-state index in [9.17, 15) is 4.39 Å². The van der Waals surface area contributed by atoms with Crippen molar-refractivity contribution in [3.63, 3.8) is 0 Å². The summed E-state index contributed by atoms with van der Waals surface area (Å²) in [7, 11) is 1.91. The molecule has 0 amide bonds. The van der Waals surface area contributed by atoms with E-state index in [1.165, 1.54) is 12.1 Å². The Balaban J connectivity index is 2.56. The van der Waals surface area contributed by atoms with Crippen molar-refractivity contribution in [1.29, 1.82) is 0 Å². The molecule has 0 aliphatic carbocycles. The molecule has 0 saturated carbocycles. The molecule has 2 nitrogen and oxygen atoms in total. The molecule has 0 saturated heterocycles. The van der Waals surface area contributed by atoms with Gasteiger partial charge >= 0.3 is 0 Å². The normalized spacial score (nSPS) is 14.1. The molecule has 1 aromatic carbocycles. The zero-order valence-corrected chi connectivity index (χ0v) is 11.6. The summed E-state index contributed by atoms with van der Waals surface area (Å²) in [5.41, 5.74) is 1.64. The van der Waals surface area contributed by atoms with Gasteiger partial charge in [-0.25, -0.2) is 4.39 Å². The number of rotatable bonds is 2. The quantitative estimate of drug-likeness (QED) is 0.863. The molecule has 1 atom stereocenters. The standard InChI is InChI=1S/C15H20FNO/c1-9-6-11(16)7-10-8-12(18-13(9)10)14(17-5)15(2,3)4/h6-8,14,17H,1-5H3. The SMILES string of the molecule is CNC(c1cc2cc(F)cc(C)c2o1)C(C)(C)C. The Kier molecular flexibility index (Phi) is 3.20. The van der Waals surface area contributed by atoms with Crippen molar-refractivity contribution in [3.8, 4) is 0 Å². The topological polar surface area (TPSA) is 25.2 Å². The minimum absolute atomic E-state index is 0.0368. The van der Waals surface area contributed by atoms with Crippen molar-refractivity contribution in [2.45, 2.75) is 33.7 Å². The van der Waals surface area contributed by atoms with E-state index >= 15 is 0 Å². The Labute approximate surface area is 107 Å². The molecule has 18 heavy (non-hydrogen) atoms. The van der Waals surface area contributed by atoms with Crippen molar-refractivity contribution in [3.05, 3.63) is 35.3 Å². The average Bonchev–Trinajstić information content (AvgIpc) is 2.59. The maximum Gasteiger partial charge on any atom is 0.137 e. The van der Waals surface area contributed by atoms with Crippen LogP contribution in [0.25, 0.3) is 11.0 Å². The maximum atomic E-state index is 13.4. The largest absolute Gasteiger partial charge is 0.459 e. The first-order valence-corrected chi connectivity index (χ1v) is 6.20. The number of benzene rings is 1. The Morgan fingerprint density at radius 1 is 1.22 bits per heavy atom. The van der Waals surface area contributed by atoms with E-state index in [0.29, 0.717) is 0 Å². The molecule has 0 aliphatic heterocycles. The lowest BCUT2D eigenvalue weighted by atomic mass is 9.85. The zero-order chi connectivity index (χ0) is 13.5. The first kappa shape index (κ1) is 13.1. The van der Waals surface area contributed by atoms with E-state index in [-0.39, 0.29) is 17.3 Å². The van der Waals surface area contributed by atoms with Crippen molar-refractivity contribution in [2.24, 2.45) is 5.41 Å². The van der Waals surface area contributed by atoms with Crippen LogP contribution in [0.2, 0.25) is 0 Å². The second-order valence-electron chi connectivity index (χ2n) is 5.88. The Hall–Kier alpha value is -1.35. The highest BCUT2D eigenvalue weighted by Crippen LogP contribution is 2.36. The summed E-state index contributed by atoms with van der Waals surface area (Å²) in [6, 6.07) is 5.05. The van der Waals surface area contributed by atoms with Crippen LogP contribution in [-0.2, 0) is 0 Å². The van der Waals surface area contributed by atoms with E-state index in [1.807, 2.05) is 20.0 Å². The van der Waals surface area contributed by atoms with Crippen molar-refractivity contribution in [2.75, 3.05) is 7.05 Å². The summed E-state index contributed by atoms with van der Waals surface area (Å²) < 4.78 is 19.3. The molecule has 0 aliphatic rings. The third-order valence-corrected chi connectivity index (χ3v) is 3.23. The fourth-order valence-electron chi connectivity index (χ4n) is 2.45. The first-order chi connectivity index (χ1) is 8.32. The highest BCUT2D eigenvalue weighted by molar-refractivity contribution is 5.81. The summed E-state index contributed by atoms with van der Waals surface area (Å²) in [5.74, 6) is 0.637. The number of hydrogen-bond donors (Lipinski definition) is 1. The predicted octanol–water partition coefficient (Wildman–Crippen LogP) is 4.19. The van der Waals surface area contributed by atoms with Gasteiger partial charge in [0.1, 0.15) is 17.2 Å². The van der Waals surface area contributed by atoms with Gasteiger partial charge in [-0.3, -0.25) is 0 Å². The molecule has 2 aromatic rings. The summed E-state index contributed by atoms with van der Waals surface area (Å²) in [6.07, 6.45) is 0. The van der Waals surface area contributed by atoms with Gasteiger partial charge in [0.05, 0.1) is 6.04 Å². The Bertz CT molecular complexity index is 566. The average molecular weight is 249 g/mol. The molecule has 1 aromatic heterocycles. The van der Waals surface area contributed by atoms with Crippen LogP contribution in [-0.4, -0.2) is 7.05 Å². The fourth-order valence-corrected chi connectivity index (χ4v) is 2.45. The minimum Gasteiger partial charge on any atom is -0.459 e. The van der Waals surface area contributed by atoms with Crippen LogP contribution in [0.3, 0.4) is 0 Å². The molecule has 1 heterocycles. The van der Waals surface area contributed by atoms with Gasteiger partial charge in [-0.05, 0) is 43.1 Å². The second kappa shape index (κ2) is 4.39. The lowest BCUT2D eigenvalue weighted by molar-refractivity contribution is 0.253. The molecular weight excluding hydrogens is 229 g/mol. The summed E-state index contributed by atoms with van der Waals surface area (Å²) in [5, 5.41) is 4.09. The van der Waals surface area contributed by atoms with Gasteiger partial charge in [-0.1, -0.05) is 20.8 Å². The third kappa shape index (κ3) is 2.27. The van der Waals surface area contributed by atoms with E-state index in [0.717, 1.165) is 22.3 Å². The molecule has 3 heteroatoms. The Morgan fingerprint density at radius 3 is 2.44 bits per heavy atom. The first-order valence-electron chi connectivity index (χ1n) is 6.20. The zero-order valence-electron chi connectivity index (χ0n) is 11.6. The number of furan rings is 1. The van der Waals surface area contributed by atoms with Gasteiger partial charge in [-0.2, -0.15) is 0 Å². The number of aryl methyl sites for hydroxylation is 1. The van der Waals surface area contributed by atoms with Gasteiger partial charge in [0, 0.05) is 5.39 Å². The number of nitrogens with one attached hydrogen (secondary N) is 1. The molecule has 0 radical (unpaired) electrons. The van der Waals surface area contributed by atoms with Crippen LogP contribution in [0.4, 0.5) is 4.39 Å². The number of fused-ring (bicyclic) bond motifs is 1. The van der Waals surface area contributed by atoms with E-state index in [4.69, 9.17) is 4.42 Å². The smallest absolute Gasteiger partial charge is 0.137 e. The lowest BCUT2D eigenvalue weighted by Gasteiger charge is -2.28. The monoisotopic (exact) mass is 249 g/mol. The van der Waals surface area contributed by atoms with Gasteiger partial charge in [-0.15, -0.1) is 0 Å². The van der Waals surface area contributed by atoms with Crippen LogP contribution >= 0.6 is 0 Å². The predicted molar refractivity (Wildman–Crippen MR) is 72.2 cm³/mol. The van der Waals surface area contributed by atoms with Crippen LogP contribution < -0.4 is 5.32 Å². The molecule has 0 spiro atoms.